The van der Waals surface area contributed by atoms with Crippen LogP contribution >= 0.6 is 11.8 Å². The van der Waals surface area contributed by atoms with Gasteiger partial charge in [-0.15, -0.1) is 10.2 Å². The quantitative estimate of drug-likeness (QED) is 0.507. The number of carbonyl (C=O) groups excluding carboxylic acids is 1. The van der Waals surface area contributed by atoms with Gasteiger partial charge in [-0.05, 0) is 26.0 Å². The molecule has 164 valence electrons. The molecule has 0 saturated carbocycles. The number of piperazine rings is 1. The van der Waals surface area contributed by atoms with E-state index in [-0.39, 0.29) is 5.91 Å². The Kier molecular flexibility index (Phi) is 6.70. The highest BCUT2D eigenvalue weighted by Gasteiger charge is 2.22. The van der Waals surface area contributed by atoms with Crippen molar-refractivity contribution in [3.05, 3.63) is 30.3 Å². The molecule has 2 aromatic heterocycles. The minimum atomic E-state index is 0.102. The van der Waals surface area contributed by atoms with Crippen LogP contribution in [-0.2, 0) is 4.79 Å². The second kappa shape index (κ2) is 9.82. The molecule has 1 amide bonds. The van der Waals surface area contributed by atoms with Gasteiger partial charge in [0.25, 0.3) is 5.78 Å². The standard InChI is InChI=1S/C20H27N9OS/c1-3-21-17-23-18(22-4-2)29-19(24-17)25-26-20(29)31-14-16(30)28-12-10-27(11-13-28)15-8-6-5-7-9-15/h5-9H,3-4,10-14H2,1-2H3,(H2,21,22,23,24,25). The Morgan fingerprint density at radius 3 is 2.45 bits per heavy atom. The van der Waals surface area contributed by atoms with E-state index in [0.717, 1.165) is 13.1 Å². The van der Waals surface area contributed by atoms with Crippen LogP contribution in [0, 0.1) is 0 Å². The number of anilines is 3. The molecule has 0 bridgehead atoms. The number of nitrogens with zero attached hydrogens (tertiary/aromatic N) is 7. The number of rotatable bonds is 8. The highest BCUT2D eigenvalue weighted by Crippen LogP contribution is 2.22. The van der Waals surface area contributed by atoms with Crippen LogP contribution in [0.15, 0.2) is 35.5 Å². The topological polar surface area (TPSA) is 104 Å². The first-order valence-electron chi connectivity index (χ1n) is 10.5. The van der Waals surface area contributed by atoms with Gasteiger partial charge in [0.2, 0.25) is 17.8 Å². The maximum absolute atomic E-state index is 12.8. The SMILES string of the molecule is CCNc1nc(NCC)n2c(SCC(=O)N3CCN(c4ccccc4)CC3)nnc2n1. The zero-order valence-corrected chi connectivity index (χ0v) is 18.6. The molecule has 0 radical (unpaired) electrons. The lowest BCUT2D eigenvalue weighted by Gasteiger charge is -2.36. The fourth-order valence-electron chi connectivity index (χ4n) is 3.47. The van der Waals surface area contributed by atoms with Gasteiger partial charge in [-0.1, -0.05) is 30.0 Å². The smallest absolute Gasteiger partial charge is 0.261 e. The molecule has 1 aliphatic rings. The van der Waals surface area contributed by atoms with Crippen molar-refractivity contribution in [3.8, 4) is 0 Å². The van der Waals surface area contributed by atoms with E-state index in [2.05, 4.69) is 47.8 Å². The summed E-state index contributed by atoms with van der Waals surface area (Å²) in [5.41, 5.74) is 1.20. The number of carbonyl (C=O) groups is 1. The Balaban J connectivity index is 1.39. The number of benzene rings is 1. The number of aromatic nitrogens is 5. The van der Waals surface area contributed by atoms with E-state index in [1.807, 2.05) is 36.9 Å². The van der Waals surface area contributed by atoms with Gasteiger partial charge in [-0.25, -0.2) is 4.40 Å². The number of hydrogen-bond acceptors (Lipinski definition) is 9. The second-order valence-corrected chi connectivity index (χ2v) is 7.98. The summed E-state index contributed by atoms with van der Waals surface area (Å²) in [6, 6.07) is 10.3. The van der Waals surface area contributed by atoms with Crippen molar-refractivity contribution in [1.82, 2.24) is 29.5 Å². The second-order valence-electron chi connectivity index (χ2n) is 7.04. The Morgan fingerprint density at radius 2 is 1.74 bits per heavy atom. The summed E-state index contributed by atoms with van der Waals surface area (Å²) in [6.07, 6.45) is 0. The first-order valence-corrected chi connectivity index (χ1v) is 11.5. The molecular weight excluding hydrogens is 414 g/mol. The lowest BCUT2D eigenvalue weighted by Crippen LogP contribution is -2.49. The molecule has 0 atom stereocenters. The molecule has 1 aliphatic heterocycles. The van der Waals surface area contributed by atoms with Crippen molar-refractivity contribution in [2.45, 2.75) is 19.0 Å². The van der Waals surface area contributed by atoms with E-state index >= 15 is 0 Å². The maximum atomic E-state index is 12.8. The molecule has 1 fully saturated rings. The zero-order valence-electron chi connectivity index (χ0n) is 17.8. The molecule has 31 heavy (non-hydrogen) atoms. The lowest BCUT2D eigenvalue weighted by molar-refractivity contribution is -0.128. The molecule has 3 heterocycles. The molecule has 2 N–H and O–H groups in total. The molecule has 4 rings (SSSR count). The summed E-state index contributed by atoms with van der Waals surface area (Å²) in [5, 5.41) is 15.3. The molecular formula is C20H27N9OS. The van der Waals surface area contributed by atoms with Gasteiger partial charge < -0.3 is 20.4 Å². The van der Waals surface area contributed by atoms with Crippen LogP contribution in [0.1, 0.15) is 13.8 Å². The summed E-state index contributed by atoms with van der Waals surface area (Å²) in [6.45, 7) is 8.49. The molecule has 0 aliphatic carbocycles. The number of thioether (sulfide) groups is 1. The van der Waals surface area contributed by atoms with Gasteiger partial charge in [0.05, 0.1) is 5.75 Å². The van der Waals surface area contributed by atoms with Crippen LogP contribution in [-0.4, -0.2) is 80.4 Å². The van der Waals surface area contributed by atoms with Gasteiger partial charge in [-0.3, -0.25) is 4.79 Å². The van der Waals surface area contributed by atoms with E-state index in [4.69, 9.17) is 0 Å². The van der Waals surface area contributed by atoms with E-state index in [9.17, 15) is 4.79 Å². The zero-order chi connectivity index (χ0) is 21.6. The fourth-order valence-corrected chi connectivity index (χ4v) is 4.30. The summed E-state index contributed by atoms with van der Waals surface area (Å²) in [7, 11) is 0. The molecule has 1 saturated heterocycles. The van der Waals surface area contributed by atoms with Crippen molar-refractivity contribution < 1.29 is 4.79 Å². The number of amides is 1. The fraction of sp³-hybridized carbons (Fsp3) is 0.450. The maximum Gasteiger partial charge on any atom is 0.261 e. The van der Waals surface area contributed by atoms with E-state index in [1.54, 1.807) is 4.40 Å². The number of nitrogens with one attached hydrogen (secondary N) is 2. The highest BCUT2D eigenvalue weighted by atomic mass is 32.2. The molecule has 11 heteroatoms. The summed E-state index contributed by atoms with van der Waals surface area (Å²) >= 11 is 1.36. The molecule has 10 nitrogen and oxygen atoms in total. The normalized spacial score (nSPS) is 14.1. The van der Waals surface area contributed by atoms with Crippen LogP contribution in [0.4, 0.5) is 17.6 Å². The van der Waals surface area contributed by atoms with Gasteiger partial charge in [-0.2, -0.15) is 9.97 Å². The van der Waals surface area contributed by atoms with E-state index in [0.29, 0.717) is 54.8 Å². The average Bonchev–Trinajstić information content (AvgIpc) is 3.22. The van der Waals surface area contributed by atoms with Gasteiger partial charge in [0, 0.05) is 45.0 Å². The van der Waals surface area contributed by atoms with Gasteiger partial charge in [0.15, 0.2) is 5.16 Å². The summed E-state index contributed by atoms with van der Waals surface area (Å²) in [5.74, 6) is 1.97. The van der Waals surface area contributed by atoms with E-state index in [1.165, 1.54) is 17.4 Å². The summed E-state index contributed by atoms with van der Waals surface area (Å²) < 4.78 is 1.76. The monoisotopic (exact) mass is 441 g/mol. The molecule has 0 spiro atoms. The molecule has 1 aromatic carbocycles. The van der Waals surface area contributed by atoms with Crippen molar-refractivity contribution in [3.63, 3.8) is 0 Å². The Hall–Kier alpha value is -3.08. The van der Waals surface area contributed by atoms with Crippen molar-refractivity contribution in [2.75, 3.05) is 60.6 Å². The Morgan fingerprint density at radius 1 is 1.00 bits per heavy atom. The number of hydrogen-bond donors (Lipinski definition) is 2. The third kappa shape index (κ3) is 4.82. The van der Waals surface area contributed by atoms with E-state index < -0.39 is 0 Å². The van der Waals surface area contributed by atoms with Gasteiger partial charge in [0.1, 0.15) is 0 Å². The largest absolute Gasteiger partial charge is 0.368 e. The van der Waals surface area contributed by atoms with Crippen LogP contribution in [0.2, 0.25) is 0 Å². The van der Waals surface area contributed by atoms with Gasteiger partial charge >= 0.3 is 0 Å². The first-order chi connectivity index (χ1) is 15.2. The minimum absolute atomic E-state index is 0.102. The minimum Gasteiger partial charge on any atom is -0.368 e. The van der Waals surface area contributed by atoms with Crippen LogP contribution in [0.3, 0.4) is 0 Å². The number of para-hydroxylation sites is 1. The third-order valence-corrected chi connectivity index (χ3v) is 5.91. The van der Waals surface area contributed by atoms with Crippen molar-refractivity contribution >= 4 is 41.0 Å². The Bertz CT molecular complexity index is 1020. The molecule has 3 aromatic rings. The highest BCUT2D eigenvalue weighted by molar-refractivity contribution is 7.99. The Labute approximate surface area is 185 Å². The van der Waals surface area contributed by atoms with Crippen LogP contribution < -0.4 is 15.5 Å². The van der Waals surface area contributed by atoms with Crippen molar-refractivity contribution in [2.24, 2.45) is 0 Å². The molecule has 0 unspecified atom stereocenters. The predicted molar refractivity (Wildman–Crippen MR) is 123 cm³/mol. The van der Waals surface area contributed by atoms with Crippen LogP contribution in [0.25, 0.3) is 5.78 Å². The number of fused-ring (bicyclic) bond motifs is 1. The first kappa shape index (κ1) is 21.2. The van der Waals surface area contributed by atoms with Crippen LogP contribution in [0.5, 0.6) is 0 Å². The van der Waals surface area contributed by atoms with Crippen molar-refractivity contribution in [1.29, 1.82) is 0 Å². The third-order valence-electron chi connectivity index (χ3n) is 4.99. The summed E-state index contributed by atoms with van der Waals surface area (Å²) in [4.78, 5) is 25.9. The lowest BCUT2D eigenvalue weighted by atomic mass is 10.2. The average molecular weight is 442 g/mol. The predicted octanol–water partition coefficient (Wildman–Crippen LogP) is 1.82.